The molecule has 1 saturated heterocycles. The molecule has 0 amide bonds. The zero-order chi connectivity index (χ0) is 21.9. The van der Waals surface area contributed by atoms with Crippen molar-refractivity contribution in [3.63, 3.8) is 0 Å². The van der Waals surface area contributed by atoms with Crippen molar-refractivity contribution in [1.29, 1.82) is 0 Å². The predicted molar refractivity (Wildman–Crippen MR) is 126 cm³/mol. The van der Waals surface area contributed by atoms with Crippen LogP contribution < -0.4 is 10.6 Å². The maximum absolute atomic E-state index is 5.54. The first kappa shape index (κ1) is 23.3. The number of hydrogen-bond acceptors (Lipinski definition) is 4. The van der Waals surface area contributed by atoms with Crippen LogP contribution in [0.5, 0.6) is 0 Å². The minimum absolute atomic E-state index is 0.487. The molecule has 1 aliphatic heterocycles. The Kier molecular flexibility index (Phi) is 9.37. The Hall–Kier alpha value is -2.38. The van der Waals surface area contributed by atoms with Gasteiger partial charge in [-0.05, 0) is 24.8 Å². The van der Waals surface area contributed by atoms with Gasteiger partial charge in [0, 0.05) is 44.0 Å². The third-order valence-electron chi connectivity index (χ3n) is 5.45. The highest BCUT2D eigenvalue weighted by Gasteiger charge is 2.22. The Morgan fingerprint density at radius 1 is 1.13 bits per heavy atom. The fourth-order valence-electron chi connectivity index (χ4n) is 3.92. The Morgan fingerprint density at radius 3 is 2.61 bits per heavy atom. The van der Waals surface area contributed by atoms with E-state index in [0.29, 0.717) is 18.5 Å². The van der Waals surface area contributed by atoms with Gasteiger partial charge in [0.05, 0.1) is 32.5 Å². The molecule has 0 saturated carbocycles. The zero-order valence-corrected chi connectivity index (χ0v) is 19.3. The Balaban J connectivity index is 1.56. The molecule has 1 aromatic carbocycles. The van der Waals surface area contributed by atoms with Crippen LogP contribution in [0.25, 0.3) is 0 Å². The van der Waals surface area contributed by atoms with E-state index >= 15 is 0 Å². The van der Waals surface area contributed by atoms with Crippen molar-refractivity contribution >= 4 is 5.96 Å². The van der Waals surface area contributed by atoms with Gasteiger partial charge in [-0.25, -0.2) is 4.99 Å². The quantitative estimate of drug-likeness (QED) is 0.452. The lowest BCUT2D eigenvalue weighted by atomic mass is 10.0. The minimum atomic E-state index is 0.487. The molecule has 2 heterocycles. The largest absolute Gasteiger partial charge is 0.379 e. The fraction of sp³-hybridized carbons (Fsp3) is 0.583. The summed E-state index contributed by atoms with van der Waals surface area (Å²) in [6, 6.07) is 10.9. The molecule has 31 heavy (non-hydrogen) atoms. The summed E-state index contributed by atoms with van der Waals surface area (Å²) in [6.07, 6.45) is 5.15. The molecule has 170 valence electrons. The van der Waals surface area contributed by atoms with Gasteiger partial charge in [0.25, 0.3) is 0 Å². The first-order valence-corrected chi connectivity index (χ1v) is 11.5. The second kappa shape index (κ2) is 12.5. The van der Waals surface area contributed by atoms with E-state index in [-0.39, 0.29) is 0 Å². The van der Waals surface area contributed by atoms with Crippen molar-refractivity contribution < 1.29 is 4.74 Å². The van der Waals surface area contributed by atoms with Crippen molar-refractivity contribution in [3.05, 3.63) is 53.9 Å². The van der Waals surface area contributed by atoms with Gasteiger partial charge in [0.2, 0.25) is 0 Å². The minimum Gasteiger partial charge on any atom is -0.379 e. The average Bonchev–Trinajstić information content (AvgIpc) is 3.23. The summed E-state index contributed by atoms with van der Waals surface area (Å²) >= 11 is 0. The van der Waals surface area contributed by atoms with Gasteiger partial charge in [0.15, 0.2) is 5.96 Å². The van der Waals surface area contributed by atoms with Gasteiger partial charge in [-0.15, -0.1) is 0 Å². The molecular formula is C24H38N6O. The summed E-state index contributed by atoms with van der Waals surface area (Å²) in [4.78, 5) is 7.35. The summed E-state index contributed by atoms with van der Waals surface area (Å²) in [5.41, 5.74) is 2.36. The smallest absolute Gasteiger partial charge is 0.191 e. The Labute approximate surface area is 186 Å². The molecule has 1 fully saturated rings. The monoisotopic (exact) mass is 426 g/mol. The number of nitrogens with one attached hydrogen (secondary N) is 2. The van der Waals surface area contributed by atoms with E-state index in [4.69, 9.17) is 9.73 Å². The zero-order valence-electron chi connectivity index (χ0n) is 19.3. The van der Waals surface area contributed by atoms with Crippen molar-refractivity contribution in [3.8, 4) is 0 Å². The van der Waals surface area contributed by atoms with E-state index in [0.717, 1.165) is 57.5 Å². The third kappa shape index (κ3) is 7.99. The molecule has 7 heteroatoms. The summed E-state index contributed by atoms with van der Waals surface area (Å²) in [7, 11) is 0. The number of guanidine groups is 1. The molecule has 3 rings (SSSR count). The van der Waals surface area contributed by atoms with Crippen LogP contribution in [-0.4, -0.2) is 66.1 Å². The molecule has 7 nitrogen and oxygen atoms in total. The SMILES string of the molecule is CCNC(=NCc1cnn(Cc2ccccc2)c1)NCC(CC(C)C)N1CCOCC1. The molecule has 1 atom stereocenters. The van der Waals surface area contributed by atoms with Crippen molar-refractivity contribution in [2.45, 2.75) is 46.3 Å². The van der Waals surface area contributed by atoms with Crippen LogP contribution in [0.2, 0.25) is 0 Å². The second-order valence-electron chi connectivity index (χ2n) is 8.54. The van der Waals surface area contributed by atoms with Gasteiger partial charge in [-0.1, -0.05) is 44.2 Å². The van der Waals surface area contributed by atoms with Crippen molar-refractivity contribution in [1.82, 2.24) is 25.3 Å². The van der Waals surface area contributed by atoms with Gasteiger partial charge < -0.3 is 15.4 Å². The lowest BCUT2D eigenvalue weighted by molar-refractivity contribution is 0.0132. The van der Waals surface area contributed by atoms with Crippen LogP contribution in [0, 0.1) is 5.92 Å². The fourth-order valence-corrected chi connectivity index (χ4v) is 3.92. The highest BCUT2D eigenvalue weighted by molar-refractivity contribution is 5.79. The third-order valence-corrected chi connectivity index (χ3v) is 5.45. The summed E-state index contributed by atoms with van der Waals surface area (Å²) in [6.45, 7) is 13.5. The van der Waals surface area contributed by atoms with Crippen LogP contribution >= 0.6 is 0 Å². The van der Waals surface area contributed by atoms with Gasteiger partial charge in [0.1, 0.15) is 0 Å². The molecule has 0 spiro atoms. The number of benzene rings is 1. The van der Waals surface area contributed by atoms with Gasteiger partial charge in [-0.3, -0.25) is 9.58 Å². The van der Waals surface area contributed by atoms with E-state index in [1.165, 1.54) is 12.0 Å². The molecule has 2 N–H and O–H groups in total. The number of hydrogen-bond donors (Lipinski definition) is 2. The first-order chi connectivity index (χ1) is 15.1. The van der Waals surface area contributed by atoms with Gasteiger partial charge >= 0.3 is 0 Å². The standard InChI is InChI=1S/C24H38N6O/c1-4-25-24(27-17-23(14-20(2)3)29-10-12-31-13-11-29)26-15-22-16-28-30(19-22)18-21-8-6-5-7-9-21/h5-9,16,19-20,23H,4,10-15,17-18H2,1-3H3,(H2,25,26,27). The summed E-state index contributed by atoms with van der Waals surface area (Å²) in [5.74, 6) is 1.52. The maximum Gasteiger partial charge on any atom is 0.191 e. The van der Waals surface area contributed by atoms with Crippen molar-refractivity contribution in [2.24, 2.45) is 10.9 Å². The molecule has 0 bridgehead atoms. The first-order valence-electron chi connectivity index (χ1n) is 11.5. The Bertz CT molecular complexity index is 782. The van der Waals surface area contributed by atoms with Crippen LogP contribution in [0.4, 0.5) is 0 Å². The van der Waals surface area contributed by atoms with Crippen LogP contribution in [0.1, 0.15) is 38.3 Å². The van der Waals surface area contributed by atoms with Gasteiger partial charge in [-0.2, -0.15) is 5.10 Å². The molecule has 0 radical (unpaired) electrons. The molecule has 1 aliphatic rings. The molecule has 1 unspecified atom stereocenters. The number of aromatic nitrogens is 2. The Morgan fingerprint density at radius 2 is 1.90 bits per heavy atom. The van der Waals surface area contributed by atoms with E-state index in [2.05, 4.69) is 71.9 Å². The normalized spacial score (nSPS) is 16.5. The highest BCUT2D eigenvalue weighted by atomic mass is 16.5. The van der Waals surface area contributed by atoms with E-state index in [9.17, 15) is 0 Å². The molecule has 2 aromatic rings. The topological polar surface area (TPSA) is 66.7 Å². The second-order valence-corrected chi connectivity index (χ2v) is 8.54. The number of ether oxygens (including phenoxy) is 1. The predicted octanol–water partition coefficient (Wildman–Crippen LogP) is 2.73. The number of aliphatic imine (C=N–C) groups is 1. The van der Waals surface area contributed by atoms with Crippen LogP contribution in [0.15, 0.2) is 47.7 Å². The maximum atomic E-state index is 5.54. The van der Waals surface area contributed by atoms with Crippen molar-refractivity contribution in [2.75, 3.05) is 39.4 Å². The summed E-state index contributed by atoms with van der Waals surface area (Å²) < 4.78 is 7.51. The summed E-state index contributed by atoms with van der Waals surface area (Å²) in [5, 5.41) is 11.4. The molecular weight excluding hydrogens is 388 g/mol. The van der Waals surface area contributed by atoms with E-state index in [1.54, 1.807) is 0 Å². The lowest BCUT2D eigenvalue weighted by Crippen LogP contribution is -2.51. The van der Waals surface area contributed by atoms with Crippen LogP contribution in [0.3, 0.4) is 0 Å². The molecule has 1 aromatic heterocycles. The van der Waals surface area contributed by atoms with E-state index in [1.807, 2.05) is 16.9 Å². The van der Waals surface area contributed by atoms with E-state index < -0.39 is 0 Å². The molecule has 0 aliphatic carbocycles. The average molecular weight is 427 g/mol. The number of rotatable bonds is 10. The highest BCUT2D eigenvalue weighted by Crippen LogP contribution is 2.13. The number of nitrogens with zero attached hydrogens (tertiary/aromatic N) is 4. The number of morpholine rings is 1. The lowest BCUT2D eigenvalue weighted by Gasteiger charge is -2.35. The van der Waals surface area contributed by atoms with Crippen LogP contribution in [-0.2, 0) is 17.8 Å².